The van der Waals surface area contributed by atoms with E-state index in [1.807, 2.05) is 0 Å². The maximum absolute atomic E-state index is 11.1. The van der Waals surface area contributed by atoms with E-state index in [0.717, 1.165) is 15.4 Å². The number of carboxylic acids is 10. The third kappa shape index (κ3) is 28.1. The van der Waals surface area contributed by atoms with Crippen molar-refractivity contribution in [3.63, 3.8) is 0 Å². The topological polar surface area (TPSA) is 444 Å². The number of ether oxygens (including phenoxy) is 7. The summed E-state index contributed by atoms with van der Waals surface area (Å²) in [5.74, 6) is -9.74. The largest absolute Gasteiger partial charge is 0.488 e. The fourth-order valence-electron chi connectivity index (χ4n) is 6.02. The van der Waals surface area contributed by atoms with Gasteiger partial charge in [-0.2, -0.15) is 0 Å². The van der Waals surface area contributed by atoms with Crippen LogP contribution in [0, 0.1) is 6.92 Å². The molecule has 0 saturated carbocycles. The van der Waals surface area contributed by atoms with Crippen LogP contribution in [-0.4, -0.2) is 183 Å². The predicted molar refractivity (Wildman–Crippen MR) is 276 cm³/mol. The summed E-state index contributed by atoms with van der Waals surface area (Å²) in [5, 5.41) is 87.1. The zero-order valence-electron chi connectivity index (χ0n) is 42.6. The number of aromatic carboxylic acids is 1. The molecule has 0 aliphatic rings. The second-order valence-electron chi connectivity index (χ2n) is 15.6. The minimum atomic E-state index is -1.21. The van der Waals surface area contributed by atoms with Gasteiger partial charge in [0.1, 0.15) is 56.6 Å². The molecule has 0 unspecified atom stereocenters. The minimum absolute atomic E-state index is 0.0167. The van der Waals surface area contributed by atoms with Gasteiger partial charge in [0.15, 0.2) is 56.0 Å². The standard InChI is InChI=1S/C22H24N2O10.C11H12O6.C10H10O6.C9H8O5/c25-19(26)11-23(12-20(27)28)15-5-1-3-7-17(15)33-9-10-34-18-8-4-2-6-16(18)24(13-21(29)30)14-22(31)32;1-7-2-3-8(16-5-10(12)13)9(4-7)17-6-11(14)15;11-9(12)5-15-7-3-1-2-4-8(7)16-6-10(13)14;10-8(11)5-14-7-3-1-6(2-4-7)9(12)13/h1-8H,9-14H2,(H,25,26)(H,27,28)(H,29,30)(H,31,32);2-4H,5-6H2,1H3,(H,12,13)(H,14,15);1-4H,5-6H2,(H,11,12)(H,13,14);1-4H,5H2,(H,10,11)(H,12,13). The van der Waals surface area contributed by atoms with Crippen molar-refractivity contribution in [2.75, 3.05) is 82.2 Å². The number of para-hydroxylation sites is 6. The molecule has 0 aliphatic heterocycles. The Labute approximate surface area is 458 Å². The quantitative estimate of drug-likeness (QED) is 0.0284. The molecular weight excluding hydrogens is 1080 g/mol. The van der Waals surface area contributed by atoms with Crippen molar-refractivity contribution in [3.8, 4) is 40.2 Å². The summed E-state index contributed by atoms with van der Waals surface area (Å²) in [6.07, 6.45) is 0. The smallest absolute Gasteiger partial charge is 0.341 e. The van der Waals surface area contributed by atoms with Crippen LogP contribution in [0.15, 0.2) is 115 Å². The van der Waals surface area contributed by atoms with E-state index in [4.69, 9.17) is 84.2 Å². The van der Waals surface area contributed by atoms with Crippen LogP contribution in [0.3, 0.4) is 0 Å². The molecule has 0 bridgehead atoms. The Morgan fingerprint density at radius 3 is 0.975 bits per heavy atom. The number of anilines is 2. The lowest BCUT2D eigenvalue weighted by atomic mass is 10.2. The molecule has 434 valence electrons. The lowest BCUT2D eigenvalue weighted by Crippen LogP contribution is -2.35. The van der Waals surface area contributed by atoms with Crippen LogP contribution in [0.4, 0.5) is 11.4 Å². The minimum Gasteiger partial charge on any atom is -0.488 e. The molecule has 0 spiro atoms. The zero-order valence-corrected chi connectivity index (χ0v) is 42.6. The van der Waals surface area contributed by atoms with Crippen molar-refractivity contribution in [2.24, 2.45) is 0 Å². The first-order valence-electron chi connectivity index (χ1n) is 22.9. The van der Waals surface area contributed by atoms with Gasteiger partial charge >= 0.3 is 59.7 Å². The lowest BCUT2D eigenvalue weighted by Gasteiger charge is -2.24. The fraction of sp³-hybridized carbons (Fsp3) is 0.231. The fourth-order valence-corrected chi connectivity index (χ4v) is 6.02. The van der Waals surface area contributed by atoms with Crippen molar-refractivity contribution in [1.29, 1.82) is 0 Å². The zero-order chi connectivity index (χ0) is 60.4. The van der Waals surface area contributed by atoms with Crippen molar-refractivity contribution in [2.45, 2.75) is 6.92 Å². The SMILES string of the molecule is Cc1ccc(OCC(=O)O)c(OCC(=O)O)c1.O=C(O)CN(CC(=O)O)c1ccccc1OCCOc1ccccc1N(CC(=O)O)CC(=O)O.O=C(O)COc1ccc(C(=O)O)cc1.O=C(O)COc1ccccc1OCC(=O)O. The second kappa shape index (κ2) is 35.4. The molecule has 81 heavy (non-hydrogen) atoms. The van der Waals surface area contributed by atoms with Gasteiger partial charge in [-0.15, -0.1) is 0 Å². The van der Waals surface area contributed by atoms with Gasteiger partial charge in [-0.1, -0.05) is 42.5 Å². The number of aryl methyl sites for hydroxylation is 1. The number of hydrogen-bond donors (Lipinski definition) is 10. The van der Waals surface area contributed by atoms with Gasteiger partial charge in [-0.25, -0.2) is 28.8 Å². The van der Waals surface area contributed by atoms with Crippen LogP contribution in [0.5, 0.6) is 40.2 Å². The third-order valence-electron chi connectivity index (χ3n) is 9.13. The number of benzene rings is 5. The number of carbonyl (C=O) groups is 10. The van der Waals surface area contributed by atoms with E-state index < -0.39 is 119 Å². The van der Waals surface area contributed by atoms with E-state index in [0.29, 0.717) is 5.75 Å². The van der Waals surface area contributed by atoms with Crippen LogP contribution >= 0.6 is 0 Å². The van der Waals surface area contributed by atoms with Gasteiger partial charge in [0.05, 0.1) is 16.9 Å². The maximum atomic E-state index is 11.1. The molecule has 0 aromatic heterocycles. The average Bonchev–Trinajstić information content (AvgIpc) is 3.40. The van der Waals surface area contributed by atoms with Crippen LogP contribution in [0.25, 0.3) is 0 Å². The van der Waals surface area contributed by atoms with E-state index in [-0.39, 0.29) is 64.6 Å². The Morgan fingerprint density at radius 1 is 0.333 bits per heavy atom. The molecular formula is C52H54N2O27. The van der Waals surface area contributed by atoms with Crippen molar-refractivity contribution in [1.82, 2.24) is 0 Å². The molecule has 0 atom stereocenters. The molecule has 5 aromatic rings. The van der Waals surface area contributed by atoms with Gasteiger partial charge in [0.2, 0.25) is 0 Å². The number of nitrogens with zero attached hydrogens (tertiary/aromatic N) is 2. The average molecular weight is 1140 g/mol. The number of hydrogen-bond acceptors (Lipinski definition) is 19. The van der Waals surface area contributed by atoms with Crippen molar-refractivity contribution >= 4 is 71.1 Å². The van der Waals surface area contributed by atoms with E-state index in [9.17, 15) is 47.9 Å². The molecule has 5 rings (SSSR count). The molecule has 29 nitrogen and oxygen atoms in total. The van der Waals surface area contributed by atoms with Gasteiger partial charge in [0.25, 0.3) is 0 Å². The summed E-state index contributed by atoms with van der Waals surface area (Å²) in [6.45, 7) is -2.87. The monoisotopic (exact) mass is 1140 g/mol. The molecule has 0 fully saturated rings. The van der Waals surface area contributed by atoms with Crippen LogP contribution < -0.4 is 43.0 Å². The summed E-state index contributed by atoms with van der Waals surface area (Å²) < 4.78 is 36.0. The number of carboxylic acid groups (broad SMARTS) is 10. The van der Waals surface area contributed by atoms with Crippen LogP contribution in [-0.2, 0) is 43.2 Å². The third-order valence-corrected chi connectivity index (χ3v) is 9.13. The lowest BCUT2D eigenvalue weighted by molar-refractivity contribution is -0.140. The van der Waals surface area contributed by atoms with E-state index >= 15 is 0 Å². The molecule has 5 aromatic carbocycles. The summed E-state index contributed by atoms with van der Waals surface area (Å²) in [6, 6.07) is 29.3. The highest BCUT2D eigenvalue weighted by Gasteiger charge is 2.20. The van der Waals surface area contributed by atoms with Crippen LogP contribution in [0.1, 0.15) is 15.9 Å². The second-order valence-corrected chi connectivity index (χ2v) is 15.6. The van der Waals surface area contributed by atoms with Gasteiger partial charge in [-0.3, -0.25) is 19.2 Å². The summed E-state index contributed by atoms with van der Waals surface area (Å²) in [4.78, 5) is 109. The highest BCUT2D eigenvalue weighted by atomic mass is 16.6. The van der Waals surface area contributed by atoms with Gasteiger partial charge in [-0.05, 0) is 85.3 Å². The Kier molecular flexibility index (Phi) is 28.9. The van der Waals surface area contributed by atoms with E-state index in [1.54, 1.807) is 67.6 Å². The Bertz CT molecular complexity index is 2780. The first kappa shape index (κ1) is 66.1. The van der Waals surface area contributed by atoms with Crippen molar-refractivity contribution in [3.05, 3.63) is 126 Å². The Hall–Kier alpha value is -11.0. The molecule has 0 saturated heterocycles. The molecule has 0 aliphatic carbocycles. The molecule has 0 amide bonds. The van der Waals surface area contributed by atoms with Gasteiger partial charge < -0.3 is 94.0 Å². The summed E-state index contributed by atoms with van der Waals surface area (Å²) >= 11 is 0. The number of rotatable bonds is 31. The number of aliphatic carboxylic acids is 9. The predicted octanol–water partition coefficient (Wildman–Crippen LogP) is 3.48. The summed E-state index contributed by atoms with van der Waals surface area (Å²) in [5.41, 5.74) is 1.55. The highest BCUT2D eigenvalue weighted by molar-refractivity contribution is 5.87. The molecule has 29 heteroatoms. The first-order chi connectivity index (χ1) is 38.3. The normalized spacial score (nSPS) is 9.84. The van der Waals surface area contributed by atoms with E-state index in [2.05, 4.69) is 0 Å². The molecule has 10 N–H and O–H groups in total. The molecule has 0 heterocycles. The molecule has 0 radical (unpaired) electrons. The van der Waals surface area contributed by atoms with Gasteiger partial charge in [0, 0.05) is 0 Å². The maximum Gasteiger partial charge on any atom is 0.341 e. The summed E-state index contributed by atoms with van der Waals surface area (Å²) in [7, 11) is 0. The first-order valence-corrected chi connectivity index (χ1v) is 22.9. The Balaban J connectivity index is 0.000000401. The van der Waals surface area contributed by atoms with E-state index in [1.165, 1.54) is 54.6 Å². The van der Waals surface area contributed by atoms with Crippen LogP contribution in [0.2, 0.25) is 0 Å². The van der Waals surface area contributed by atoms with Crippen molar-refractivity contribution < 1.29 is 132 Å². The Morgan fingerprint density at radius 2 is 0.642 bits per heavy atom. The highest BCUT2D eigenvalue weighted by Crippen LogP contribution is 2.31.